The number of rotatable bonds is 5. The van der Waals surface area contributed by atoms with Gasteiger partial charge in [0.25, 0.3) is 0 Å². The van der Waals surface area contributed by atoms with Gasteiger partial charge in [0, 0.05) is 28.4 Å². The lowest BCUT2D eigenvalue weighted by molar-refractivity contribution is 0.420. The fourth-order valence-corrected chi connectivity index (χ4v) is 3.14. The lowest BCUT2D eigenvalue weighted by Crippen LogP contribution is -2.33. The van der Waals surface area contributed by atoms with E-state index in [1.807, 2.05) is 19.1 Å². The third-order valence-electron chi connectivity index (χ3n) is 3.69. The first-order valence-electron chi connectivity index (χ1n) is 6.97. The minimum Gasteiger partial charge on any atom is -0.508 e. The number of thiophene rings is 1. The van der Waals surface area contributed by atoms with Crippen LogP contribution >= 0.6 is 11.3 Å². The smallest absolute Gasteiger partial charge is 0.120 e. The summed E-state index contributed by atoms with van der Waals surface area (Å²) in [6, 6.07) is 10.2. The zero-order chi connectivity index (χ0) is 14.8. The summed E-state index contributed by atoms with van der Waals surface area (Å²) in [6.45, 7) is 9.51. The maximum Gasteiger partial charge on any atom is 0.120 e. The highest BCUT2D eigenvalue weighted by atomic mass is 32.1. The van der Waals surface area contributed by atoms with Crippen LogP contribution in [0.25, 0.3) is 0 Å². The van der Waals surface area contributed by atoms with Crippen LogP contribution in [0.5, 0.6) is 5.75 Å². The Morgan fingerprint density at radius 2 is 2.05 bits per heavy atom. The molecule has 2 rings (SSSR count). The molecule has 20 heavy (non-hydrogen) atoms. The molecule has 3 heteroatoms. The summed E-state index contributed by atoms with van der Waals surface area (Å²) >= 11 is 1.79. The lowest BCUT2D eigenvalue weighted by atomic mass is 9.91. The van der Waals surface area contributed by atoms with Gasteiger partial charge in [-0.15, -0.1) is 11.3 Å². The maximum atomic E-state index is 9.98. The quantitative estimate of drug-likeness (QED) is 0.855. The van der Waals surface area contributed by atoms with Crippen LogP contribution in [-0.4, -0.2) is 11.7 Å². The Labute approximate surface area is 125 Å². The first-order chi connectivity index (χ1) is 9.40. The summed E-state index contributed by atoms with van der Waals surface area (Å²) in [4.78, 5) is 1.38. The molecule has 0 fully saturated rings. The van der Waals surface area contributed by atoms with E-state index in [1.165, 1.54) is 10.4 Å². The van der Waals surface area contributed by atoms with Crippen LogP contribution in [0.3, 0.4) is 0 Å². The highest BCUT2D eigenvalue weighted by Crippen LogP contribution is 2.29. The van der Waals surface area contributed by atoms with Crippen LogP contribution in [0, 0.1) is 6.92 Å². The molecular weight excluding hydrogens is 266 g/mol. The molecule has 1 aromatic heterocycles. The van der Waals surface area contributed by atoms with Gasteiger partial charge in [-0.05, 0) is 31.4 Å². The summed E-state index contributed by atoms with van der Waals surface area (Å²) in [5.41, 5.74) is 2.23. The van der Waals surface area contributed by atoms with Crippen LogP contribution < -0.4 is 5.32 Å². The topological polar surface area (TPSA) is 32.3 Å². The zero-order valence-electron chi connectivity index (χ0n) is 12.6. The molecule has 0 aliphatic rings. The molecule has 2 nitrogen and oxygen atoms in total. The van der Waals surface area contributed by atoms with Crippen LogP contribution in [0.1, 0.15) is 42.8 Å². The summed E-state index contributed by atoms with van der Waals surface area (Å²) in [5, 5.41) is 15.6. The number of phenols is 1. The predicted octanol–water partition coefficient (Wildman–Crippen LogP) is 4.39. The fourth-order valence-electron chi connectivity index (χ4n) is 2.29. The van der Waals surface area contributed by atoms with Crippen molar-refractivity contribution in [2.75, 3.05) is 6.54 Å². The molecule has 1 heterocycles. The molecular formula is C17H23NOS. The molecule has 1 atom stereocenters. The zero-order valence-corrected chi connectivity index (χ0v) is 13.4. The Morgan fingerprint density at radius 3 is 2.70 bits per heavy atom. The summed E-state index contributed by atoms with van der Waals surface area (Å²) in [6.07, 6.45) is 0. The molecule has 0 radical (unpaired) electrons. The summed E-state index contributed by atoms with van der Waals surface area (Å²) < 4.78 is 0. The molecule has 2 N–H and O–H groups in total. The second-order valence-corrected chi connectivity index (χ2v) is 6.97. The van der Waals surface area contributed by atoms with Gasteiger partial charge in [0.2, 0.25) is 0 Å². The summed E-state index contributed by atoms with van der Waals surface area (Å²) in [7, 11) is 0. The van der Waals surface area contributed by atoms with Crippen LogP contribution in [0.15, 0.2) is 35.7 Å². The number of hydrogen-bond donors (Lipinski definition) is 2. The lowest BCUT2D eigenvalue weighted by Gasteiger charge is -2.26. The van der Waals surface area contributed by atoms with Gasteiger partial charge < -0.3 is 10.4 Å². The van der Waals surface area contributed by atoms with E-state index >= 15 is 0 Å². The Morgan fingerprint density at radius 1 is 1.30 bits per heavy atom. The van der Waals surface area contributed by atoms with Crippen molar-refractivity contribution in [3.05, 3.63) is 51.7 Å². The highest BCUT2D eigenvalue weighted by molar-refractivity contribution is 7.10. The molecule has 0 bridgehead atoms. The van der Waals surface area contributed by atoms with Gasteiger partial charge in [-0.1, -0.05) is 37.6 Å². The van der Waals surface area contributed by atoms with E-state index < -0.39 is 0 Å². The molecule has 1 unspecified atom stereocenters. The second kappa shape index (κ2) is 5.98. The van der Waals surface area contributed by atoms with E-state index in [4.69, 9.17) is 0 Å². The Hall–Kier alpha value is -1.32. The minimum atomic E-state index is 0.0991. The average molecular weight is 289 g/mol. The van der Waals surface area contributed by atoms with Gasteiger partial charge in [-0.3, -0.25) is 0 Å². The Bertz CT molecular complexity index is 560. The molecule has 0 amide bonds. The van der Waals surface area contributed by atoms with Crippen molar-refractivity contribution in [1.82, 2.24) is 5.32 Å². The molecule has 0 saturated carbocycles. The number of hydrogen-bond acceptors (Lipinski definition) is 3. The van der Waals surface area contributed by atoms with E-state index in [9.17, 15) is 5.11 Å². The molecule has 0 aliphatic carbocycles. The predicted molar refractivity (Wildman–Crippen MR) is 86.6 cm³/mol. The molecule has 0 aliphatic heterocycles. The van der Waals surface area contributed by atoms with Crippen LogP contribution in [-0.2, 0) is 5.41 Å². The number of benzene rings is 1. The molecule has 0 saturated heterocycles. The number of aryl methyl sites for hydroxylation is 1. The van der Waals surface area contributed by atoms with Crippen LogP contribution in [0.4, 0.5) is 0 Å². The number of nitrogens with one attached hydrogen (secondary N) is 1. The maximum absolute atomic E-state index is 9.98. The van der Waals surface area contributed by atoms with Crippen molar-refractivity contribution in [3.63, 3.8) is 0 Å². The SMILES string of the molecule is Cc1ccc(O)c(C(C)NCC(C)(C)c2cccs2)c1. The molecule has 0 spiro atoms. The van der Waals surface area contributed by atoms with Crippen LogP contribution in [0.2, 0.25) is 0 Å². The van der Waals surface area contributed by atoms with E-state index in [2.05, 4.69) is 43.6 Å². The minimum absolute atomic E-state index is 0.0991. The number of phenolic OH excluding ortho intramolecular Hbond substituents is 1. The highest BCUT2D eigenvalue weighted by Gasteiger charge is 2.22. The second-order valence-electron chi connectivity index (χ2n) is 6.03. The standard InChI is InChI=1S/C17H23NOS/c1-12-7-8-15(19)14(10-12)13(2)18-11-17(3,4)16-6-5-9-20-16/h5-10,13,18-19H,11H2,1-4H3. The molecule has 2 aromatic rings. The summed E-state index contributed by atoms with van der Waals surface area (Å²) in [5.74, 6) is 0.365. The molecule has 1 aromatic carbocycles. The van der Waals surface area contributed by atoms with Gasteiger partial charge in [0.15, 0.2) is 0 Å². The Kier molecular flexibility index (Phi) is 4.51. The van der Waals surface area contributed by atoms with Crippen molar-refractivity contribution in [1.29, 1.82) is 0 Å². The van der Waals surface area contributed by atoms with E-state index in [1.54, 1.807) is 17.4 Å². The first-order valence-corrected chi connectivity index (χ1v) is 7.85. The monoisotopic (exact) mass is 289 g/mol. The first kappa shape index (κ1) is 15.1. The third kappa shape index (κ3) is 3.41. The normalized spacial score (nSPS) is 13.4. The van der Waals surface area contributed by atoms with E-state index in [0.29, 0.717) is 5.75 Å². The molecule has 108 valence electrons. The van der Waals surface area contributed by atoms with Gasteiger partial charge in [0.05, 0.1) is 0 Å². The van der Waals surface area contributed by atoms with E-state index in [-0.39, 0.29) is 11.5 Å². The van der Waals surface area contributed by atoms with Gasteiger partial charge in [0.1, 0.15) is 5.75 Å². The van der Waals surface area contributed by atoms with Gasteiger partial charge in [-0.25, -0.2) is 0 Å². The van der Waals surface area contributed by atoms with Crippen molar-refractivity contribution >= 4 is 11.3 Å². The Balaban J connectivity index is 2.05. The third-order valence-corrected chi connectivity index (χ3v) is 4.92. The van der Waals surface area contributed by atoms with Crippen molar-refractivity contribution in [2.24, 2.45) is 0 Å². The van der Waals surface area contributed by atoms with Gasteiger partial charge >= 0.3 is 0 Å². The van der Waals surface area contributed by atoms with Gasteiger partial charge in [-0.2, -0.15) is 0 Å². The van der Waals surface area contributed by atoms with Crippen molar-refractivity contribution in [3.8, 4) is 5.75 Å². The van der Waals surface area contributed by atoms with Crippen molar-refractivity contribution in [2.45, 2.75) is 39.2 Å². The fraction of sp³-hybridized carbons (Fsp3) is 0.412. The largest absolute Gasteiger partial charge is 0.508 e. The average Bonchev–Trinajstić information content (AvgIpc) is 2.93. The van der Waals surface area contributed by atoms with E-state index in [0.717, 1.165) is 12.1 Å². The number of aromatic hydroxyl groups is 1. The van der Waals surface area contributed by atoms with Crippen molar-refractivity contribution < 1.29 is 5.11 Å².